The zero-order chi connectivity index (χ0) is 25.2. The van der Waals surface area contributed by atoms with Gasteiger partial charge in [-0.05, 0) is 6.07 Å². The van der Waals surface area contributed by atoms with Gasteiger partial charge in [-0.3, -0.25) is 9.69 Å². The third-order valence-electron chi connectivity index (χ3n) is 5.46. The highest BCUT2D eigenvalue weighted by Gasteiger charge is 2.33. The SMILES string of the molecule is O=c1cc(CN2CCN(S(=O)(=O)c3c(F)cc(F)cc3F)CC2)occ1OCc1ccccc1Cl. The predicted molar refractivity (Wildman–Crippen MR) is 121 cm³/mol. The van der Waals surface area contributed by atoms with Gasteiger partial charge >= 0.3 is 0 Å². The molecule has 0 aliphatic carbocycles. The summed E-state index contributed by atoms with van der Waals surface area (Å²) in [6.07, 6.45) is 1.20. The van der Waals surface area contributed by atoms with Crippen molar-refractivity contribution in [1.82, 2.24) is 9.21 Å². The van der Waals surface area contributed by atoms with Crippen LogP contribution in [0.25, 0.3) is 0 Å². The normalized spacial score (nSPS) is 15.3. The van der Waals surface area contributed by atoms with Crippen LogP contribution in [0.1, 0.15) is 11.3 Å². The minimum Gasteiger partial charge on any atom is -0.482 e. The van der Waals surface area contributed by atoms with Crippen LogP contribution in [0.15, 0.2) is 62.8 Å². The summed E-state index contributed by atoms with van der Waals surface area (Å²) < 4.78 is 78.5. The van der Waals surface area contributed by atoms with Gasteiger partial charge in [-0.15, -0.1) is 0 Å². The Morgan fingerprint density at radius 1 is 1.00 bits per heavy atom. The number of benzene rings is 2. The Kier molecular flexibility index (Phi) is 7.50. The molecule has 1 aliphatic heterocycles. The van der Waals surface area contributed by atoms with Crippen molar-refractivity contribution in [3.05, 3.63) is 92.7 Å². The molecule has 1 saturated heterocycles. The lowest BCUT2D eigenvalue weighted by atomic mass is 10.2. The Hall–Kier alpha value is -2.86. The summed E-state index contributed by atoms with van der Waals surface area (Å²) in [7, 11) is -4.49. The molecule has 35 heavy (non-hydrogen) atoms. The number of sulfonamides is 1. The molecule has 0 saturated carbocycles. The van der Waals surface area contributed by atoms with Crippen LogP contribution in [0.4, 0.5) is 13.2 Å². The fourth-order valence-corrected chi connectivity index (χ4v) is 5.35. The largest absolute Gasteiger partial charge is 0.482 e. The molecule has 0 amide bonds. The van der Waals surface area contributed by atoms with Gasteiger partial charge in [-0.25, -0.2) is 21.6 Å². The van der Waals surface area contributed by atoms with E-state index in [0.717, 1.165) is 4.31 Å². The molecule has 3 aromatic rings. The number of ether oxygens (including phenoxy) is 1. The smallest absolute Gasteiger partial charge is 0.249 e. The zero-order valence-electron chi connectivity index (χ0n) is 18.2. The summed E-state index contributed by atoms with van der Waals surface area (Å²) in [6, 6.07) is 9.01. The van der Waals surface area contributed by atoms with E-state index >= 15 is 0 Å². The fraction of sp³-hybridized carbons (Fsp3) is 0.261. The van der Waals surface area contributed by atoms with Gasteiger partial charge in [0.15, 0.2) is 4.90 Å². The number of halogens is 4. The standard InChI is InChI=1S/C23H20ClF3N2O5S/c24-18-4-2-1-3-15(18)13-34-22-14-33-17(11-21(22)30)12-28-5-7-29(8-6-28)35(31,32)23-19(26)9-16(25)10-20(23)27/h1-4,9-11,14H,5-8,12-13H2. The van der Waals surface area contributed by atoms with Crippen LogP contribution < -0.4 is 10.2 Å². The van der Waals surface area contributed by atoms with Gasteiger partial charge in [0.05, 0.1) is 6.54 Å². The van der Waals surface area contributed by atoms with Crippen LogP contribution in [-0.2, 0) is 23.2 Å². The van der Waals surface area contributed by atoms with Crippen molar-refractivity contribution < 1.29 is 30.7 Å². The second-order valence-corrected chi connectivity index (χ2v) is 10.1. The number of rotatable bonds is 7. The molecule has 12 heteroatoms. The fourth-order valence-electron chi connectivity index (χ4n) is 3.65. The summed E-state index contributed by atoms with van der Waals surface area (Å²) in [4.78, 5) is 13.0. The van der Waals surface area contributed by atoms with Gasteiger partial charge in [0.25, 0.3) is 0 Å². The molecule has 0 N–H and O–H groups in total. The third kappa shape index (κ3) is 5.69. The molecule has 0 spiro atoms. The Balaban J connectivity index is 1.36. The molecule has 1 fully saturated rings. The first kappa shape index (κ1) is 25.2. The van der Waals surface area contributed by atoms with Crippen LogP contribution in [0, 0.1) is 17.5 Å². The van der Waals surface area contributed by atoms with Crippen molar-refractivity contribution in [1.29, 1.82) is 0 Å². The third-order valence-corrected chi connectivity index (χ3v) is 7.78. The van der Waals surface area contributed by atoms with E-state index in [1.54, 1.807) is 24.3 Å². The molecule has 2 aromatic carbocycles. The second-order valence-electron chi connectivity index (χ2n) is 7.83. The molecule has 186 valence electrons. The molecule has 0 unspecified atom stereocenters. The van der Waals surface area contributed by atoms with Crippen molar-refractivity contribution in [2.45, 2.75) is 18.0 Å². The van der Waals surface area contributed by atoms with E-state index in [-0.39, 0.29) is 50.5 Å². The molecule has 7 nitrogen and oxygen atoms in total. The second kappa shape index (κ2) is 10.4. The molecule has 0 atom stereocenters. The van der Waals surface area contributed by atoms with Crippen molar-refractivity contribution in [3.8, 4) is 5.75 Å². The Bertz CT molecular complexity index is 1370. The van der Waals surface area contributed by atoms with Gasteiger partial charge in [0.1, 0.15) is 36.1 Å². The summed E-state index contributed by atoms with van der Waals surface area (Å²) >= 11 is 6.08. The van der Waals surface area contributed by atoms with E-state index in [0.29, 0.717) is 28.5 Å². The van der Waals surface area contributed by atoms with Crippen molar-refractivity contribution in [3.63, 3.8) is 0 Å². The van der Waals surface area contributed by atoms with Crippen molar-refractivity contribution >= 4 is 21.6 Å². The molecule has 0 bridgehead atoms. The molecule has 4 rings (SSSR count). The first-order valence-electron chi connectivity index (χ1n) is 10.5. The van der Waals surface area contributed by atoms with Gasteiger partial charge in [0, 0.05) is 55.0 Å². The summed E-state index contributed by atoms with van der Waals surface area (Å²) in [6.45, 7) is 0.641. The van der Waals surface area contributed by atoms with E-state index in [1.165, 1.54) is 12.3 Å². The number of piperazine rings is 1. The zero-order valence-corrected chi connectivity index (χ0v) is 19.8. The maximum absolute atomic E-state index is 14.0. The quantitative estimate of drug-likeness (QED) is 0.464. The molecular formula is C23H20ClF3N2O5S. The lowest BCUT2D eigenvalue weighted by Gasteiger charge is -2.33. The summed E-state index contributed by atoms with van der Waals surface area (Å²) in [5.41, 5.74) is 0.327. The van der Waals surface area contributed by atoms with E-state index in [2.05, 4.69) is 0 Å². The van der Waals surface area contributed by atoms with E-state index in [9.17, 15) is 26.4 Å². The van der Waals surface area contributed by atoms with Gasteiger partial charge in [0.2, 0.25) is 21.2 Å². The van der Waals surface area contributed by atoms with Crippen LogP contribution in [0.3, 0.4) is 0 Å². The summed E-state index contributed by atoms with van der Waals surface area (Å²) in [5, 5.41) is 0.513. The first-order chi connectivity index (χ1) is 16.6. The number of hydrogen-bond acceptors (Lipinski definition) is 6. The van der Waals surface area contributed by atoms with Crippen molar-refractivity contribution in [2.24, 2.45) is 0 Å². The minimum absolute atomic E-state index is 0.0212. The lowest BCUT2D eigenvalue weighted by Crippen LogP contribution is -2.48. The van der Waals surface area contributed by atoms with E-state index < -0.39 is 32.4 Å². The molecule has 1 aromatic heterocycles. The molecular weight excluding hydrogens is 509 g/mol. The van der Waals surface area contributed by atoms with Crippen LogP contribution in [-0.4, -0.2) is 43.8 Å². The molecule has 0 radical (unpaired) electrons. The number of hydrogen-bond donors (Lipinski definition) is 0. The highest BCUT2D eigenvalue weighted by atomic mass is 35.5. The van der Waals surface area contributed by atoms with Crippen LogP contribution >= 0.6 is 11.6 Å². The Morgan fingerprint density at radius 2 is 1.66 bits per heavy atom. The maximum atomic E-state index is 14.0. The average Bonchev–Trinajstić information content (AvgIpc) is 2.79. The maximum Gasteiger partial charge on any atom is 0.249 e. The van der Waals surface area contributed by atoms with Gasteiger partial charge < -0.3 is 9.15 Å². The van der Waals surface area contributed by atoms with Crippen molar-refractivity contribution in [2.75, 3.05) is 26.2 Å². The van der Waals surface area contributed by atoms with Gasteiger partial charge in [-0.1, -0.05) is 29.8 Å². The average molecular weight is 529 g/mol. The highest BCUT2D eigenvalue weighted by Crippen LogP contribution is 2.25. The Morgan fingerprint density at radius 3 is 2.29 bits per heavy atom. The summed E-state index contributed by atoms with van der Waals surface area (Å²) in [5.74, 6) is -3.81. The topological polar surface area (TPSA) is 80.1 Å². The van der Waals surface area contributed by atoms with Crippen LogP contribution in [0.5, 0.6) is 5.75 Å². The highest BCUT2D eigenvalue weighted by molar-refractivity contribution is 7.89. The monoisotopic (exact) mass is 528 g/mol. The molecule has 2 heterocycles. The van der Waals surface area contributed by atoms with Crippen LogP contribution in [0.2, 0.25) is 5.02 Å². The predicted octanol–water partition coefficient (Wildman–Crippen LogP) is 3.80. The lowest BCUT2D eigenvalue weighted by molar-refractivity contribution is 0.168. The molecule has 1 aliphatic rings. The Labute approximate surface area is 204 Å². The van der Waals surface area contributed by atoms with Gasteiger partial charge in [-0.2, -0.15) is 4.31 Å². The van der Waals surface area contributed by atoms with E-state index in [1.807, 2.05) is 4.90 Å². The minimum atomic E-state index is -4.49. The number of nitrogens with zero attached hydrogens (tertiary/aromatic N) is 2. The van der Waals surface area contributed by atoms with E-state index in [4.69, 9.17) is 20.8 Å². The first-order valence-corrected chi connectivity index (χ1v) is 12.3.